The standard InChI is InChI=1S/C37H41NO4/c1-2-23-38-24-35(40-26-31-17-9-4-10-18-31)37(42-28-33-21-13-6-14-22-33)36(41-27-32-19-11-5-12-20-32)34(38)29-39-25-30-15-7-3-8-16-30/h2-22,34-37H,1,23-29H2/t34-,35-,36-,37+/m0/s1. The lowest BCUT2D eigenvalue weighted by Gasteiger charge is -2.48. The molecule has 0 radical (unpaired) electrons. The number of hydrogen-bond donors (Lipinski definition) is 0. The average molecular weight is 564 g/mol. The van der Waals surface area contributed by atoms with Gasteiger partial charge in [-0.1, -0.05) is 127 Å². The van der Waals surface area contributed by atoms with Crippen molar-refractivity contribution in [3.63, 3.8) is 0 Å². The number of hydrogen-bond acceptors (Lipinski definition) is 5. The molecule has 1 aliphatic rings. The van der Waals surface area contributed by atoms with E-state index in [4.69, 9.17) is 18.9 Å². The molecule has 1 aliphatic heterocycles. The average Bonchev–Trinajstić information content (AvgIpc) is 3.05. The highest BCUT2D eigenvalue weighted by atomic mass is 16.6. The van der Waals surface area contributed by atoms with Crippen LogP contribution in [0.3, 0.4) is 0 Å². The van der Waals surface area contributed by atoms with Gasteiger partial charge in [-0.05, 0) is 22.3 Å². The van der Waals surface area contributed by atoms with E-state index in [9.17, 15) is 0 Å². The molecule has 1 fully saturated rings. The summed E-state index contributed by atoms with van der Waals surface area (Å²) in [7, 11) is 0. The summed E-state index contributed by atoms with van der Waals surface area (Å²) in [6, 6.07) is 41.1. The molecule has 42 heavy (non-hydrogen) atoms. The van der Waals surface area contributed by atoms with Gasteiger partial charge in [0.05, 0.1) is 45.2 Å². The fraction of sp³-hybridized carbons (Fsp3) is 0.297. The maximum Gasteiger partial charge on any atom is 0.113 e. The molecule has 5 rings (SSSR count). The van der Waals surface area contributed by atoms with E-state index in [1.807, 2.05) is 78.9 Å². The second-order valence-electron chi connectivity index (χ2n) is 10.7. The molecule has 0 aromatic heterocycles. The fourth-order valence-corrected chi connectivity index (χ4v) is 5.42. The third kappa shape index (κ3) is 8.71. The first-order valence-corrected chi connectivity index (χ1v) is 14.7. The molecule has 4 aromatic carbocycles. The molecule has 0 spiro atoms. The molecule has 0 aliphatic carbocycles. The smallest absolute Gasteiger partial charge is 0.113 e. The number of ether oxygens (including phenoxy) is 4. The van der Waals surface area contributed by atoms with Crippen molar-refractivity contribution in [2.24, 2.45) is 0 Å². The number of likely N-dealkylation sites (tertiary alicyclic amines) is 1. The molecule has 0 N–H and O–H groups in total. The zero-order valence-electron chi connectivity index (χ0n) is 24.2. The summed E-state index contributed by atoms with van der Waals surface area (Å²) in [5, 5.41) is 0. The zero-order chi connectivity index (χ0) is 28.8. The molecular weight excluding hydrogens is 522 g/mol. The van der Waals surface area contributed by atoms with Crippen molar-refractivity contribution in [1.82, 2.24) is 4.90 Å². The molecule has 0 amide bonds. The summed E-state index contributed by atoms with van der Waals surface area (Å²) in [4.78, 5) is 2.37. The van der Waals surface area contributed by atoms with Crippen LogP contribution in [-0.2, 0) is 45.4 Å². The van der Waals surface area contributed by atoms with Gasteiger partial charge < -0.3 is 18.9 Å². The zero-order valence-corrected chi connectivity index (χ0v) is 24.2. The minimum atomic E-state index is -0.302. The summed E-state index contributed by atoms with van der Waals surface area (Å²) in [6.07, 6.45) is 1.14. The minimum Gasteiger partial charge on any atom is -0.375 e. The van der Waals surface area contributed by atoms with Crippen LogP contribution in [-0.4, -0.2) is 49.0 Å². The highest BCUT2D eigenvalue weighted by Crippen LogP contribution is 2.29. The van der Waals surface area contributed by atoms with Crippen LogP contribution in [0.2, 0.25) is 0 Å². The van der Waals surface area contributed by atoms with Gasteiger partial charge in [-0.2, -0.15) is 0 Å². The van der Waals surface area contributed by atoms with E-state index in [-0.39, 0.29) is 24.4 Å². The predicted octanol–water partition coefficient (Wildman–Crippen LogP) is 6.83. The Morgan fingerprint density at radius 1 is 0.571 bits per heavy atom. The van der Waals surface area contributed by atoms with Crippen LogP contribution in [0.15, 0.2) is 134 Å². The Labute approximate surface area is 250 Å². The van der Waals surface area contributed by atoms with Gasteiger partial charge in [-0.15, -0.1) is 6.58 Å². The van der Waals surface area contributed by atoms with Crippen LogP contribution < -0.4 is 0 Å². The van der Waals surface area contributed by atoms with Gasteiger partial charge in [0.1, 0.15) is 12.2 Å². The molecular formula is C37H41NO4. The van der Waals surface area contributed by atoms with Crippen LogP contribution in [0.5, 0.6) is 0 Å². The summed E-state index contributed by atoms with van der Waals surface area (Å²) >= 11 is 0. The molecule has 0 bridgehead atoms. The van der Waals surface area contributed by atoms with E-state index in [1.165, 1.54) is 0 Å². The topological polar surface area (TPSA) is 40.2 Å². The van der Waals surface area contributed by atoms with E-state index in [0.717, 1.165) is 22.3 Å². The normalized spacial score (nSPS) is 20.8. The third-order valence-corrected chi connectivity index (χ3v) is 7.59. The van der Waals surface area contributed by atoms with Crippen molar-refractivity contribution in [3.05, 3.63) is 156 Å². The molecule has 5 heteroatoms. The first kappa shape index (κ1) is 29.9. The van der Waals surface area contributed by atoms with Crippen molar-refractivity contribution >= 4 is 0 Å². The van der Waals surface area contributed by atoms with Gasteiger partial charge in [0.2, 0.25) is 0 Å². The van der Waals surface area contributed by atoms with Crippen molar-refractivity contribution < 1.29 is 18.9 Å². The summed E-state index contributed by atoms with van der Waals surface area (Å²) < 4.78 is 26.5. The van der Waals surface area contributed by atoms with Gasteiger partial charge in [-0.3, -0.25) is 4.90 Å². The van der Waals surface area contributed by atoms with E-state index >= 15 is 0 Å². The third-order valence-electron chi connectivity index (χ3n) is 7.59. The molecule has 218 valence electrons. The molecule has 4 aromatic rings. The second kappa shape index (κ2) is 16.2. The van der Waals surface area contributed by atoms with Crippen LogP contribution in [0.25, 0.3) is 0 Å². The largest absolute Gasteiger partial charge is 0.375 e. The fourth-order valence-electron chi connectivity index (χ4n) is 5.42. The summed E-state index contributed by atoms with van der Waals surface area (Å²) in [5.41, 5.74) is 4.51. The summed E-state index contributed by atoms with van der Waals surface area (Å²) in [5.74, 6) is 0. The molecule has 1 heterocycles. The Morgan fingerprint density at radius 3 is 1.48 bits per heavy atom. The number of nitrogens with zero attached hydrogens (tertiary/aromatic N) is 1. The number of piperidine rings is 1. The molecule has 0 saturated carbocycles. The first-order chi connectivity index (χ1) is 20.8. The maximum atomic E-state index is 6.78. The number of benzene rings is 4. The lowest BCUT2D eigenvalue weighted by atomic mass is 9.93. The maximum absolute atomic E-state index is 6.78. The lowest BCUT2D eigenvalue weighted by molar-refractivity contribution is -0.209. The van der Waals surface area contributed by atoms with E-state index in [2.05, 4.69) is 60.0 Å². The SMILES string of the molecule is C=CCN1C[C@H](OCc2ccccc2)[C@@H](OCc2ccccc2)[C@@H](OCc2ccccc2)[C@@H]1COCc1ccccc1. The molecule has 4 atom stereocenters. The van der Waals surface area contributed by atoms with E-state index in [0.29, 0.717) is 46.1 Å². The van der Waals surface area contributed by atoms with E-state index < -0.39 is 0 Å². The summed E-state index contributed by atoms with van der Waals surface area (Å²) in [6.45, 7) is 7.91. The quantitative estimate of drug-likeness (QED) is 0.148. The van der Waals surface area contributed by atoms with Crippen molar-refractivity contribution in [1.29, 1.82) is 0 Å². The van der Waals surface area contributed by atoms with Gasteiger partial charge in [0.25, 0.3) is 0 Å². The Balaban J connectivity index is 1.40. The van der Waals surface area contributed by atoms with Crippen molar-refractivity contribution in [2.45, 2.75) is 50.8 Å². The van der Waals surface area contributed by atoms with Crippen molar-refractivity contribution in [2.75, 3.05) is 19.7 Å². The monoisotopic (exact) mass is 563 g/mol. The minimum absolute atomic E-state index is 0.0484. The Morgan fingerprint density at radius 2 is 1.00 bits per heavy atom. The van der Waals surface area contributed by atoms with Gasteiger partial charge in [-0.25, -0.2) is 0 Å². The van der Waals surface area contributed by atoms with Gasteiger partial charge >= 0.3 is 0 Å². The van der Waals surface area contributed by atoms with Crippen LogP contribution in [0.4, 0.5) is 0 Å². The molecule has 0 unspecified atom stereocenters. The Kier molecular flexibility index (Phi) is 11.5. The van der Waals surface area contributed by atoms with Crippen molar-refractivity contribution in [3.8, 4) is 0 Å². The Hall–Kier alpha value is -3.58. The highest BCUT2D eigenvalue weighted by Gasteiger charge is 2.45. The van der Waals surface area contributed by atoms with Crippen LogP contribution in [0.1, 0.15) is 22.3 Å². The highest BCUT2D eigenvalue weighted by molar-refractivity contribution is 5.16. The van der Waals surface area contributed by atoms with E-state index in [1.54, 1.807) is 0 Å². The van der Waals surface area contributed by atoms with Crippen LogP contribution >= 0.6 is 0 Å². The molecule has 5 nitrogen and oxygen atoms in total. The van der Waals surface area contributed by atoms with Gasteiger partial charge in [0, 0.05) is 13.1 Å². The Bertz CT molecular complexity index is 1300. The first-order valence-electron chi connectivity index (χ1n) is 14.7. The lowest BCUT2D eigenvalue weighted by Crippen LogP contribution is -2.64. The molecule has 1 saturated heterocycles. The second-order valence-corrected chi connectivity index (χ2v) is 10.7. The predicted molar refractivity (Wildman–Crippen MR) is 167 cm³/mol. The number of rotatable bonds is 15. The van der Waals surface area contributed by atoms with Gasteiger partial charge in [0.15, 0.2) is 0 Å². The van der Waals surface area contributed by atoms with Crippen LogP contribution in [0, 0.1) is 0 Å².